The van der Waals surface area contributed by atoms with E-state index in [0.717, 1.165) is 9.87 Å². The number of amides is 1. The first-order valence-corrected chi connectivity index (χ1v) is 10.1. The summed E-state index contributed by atoms with van der Waals surface area (Å²) in [7, 11) is -2.49. The van der Waals surface area contributed by atoms with Crippen LogP contribution < -0.4 is 14.8 Å². The van der Waals surface area contributed by atoms with Gasteiger partial charge in [0.1, 0.15) is 13.2 Å². The lowest BCUT2D eigenvalue weighted by Crippen LogP contribution is -2.38. The Bertz CT molecular complexity index is 949. The smallest absolute Gasteiger partial charge is 0.243 e. The number of nitrogens with one attached hydrogen (secondary N) is 1. The minimum Gasteiger partial charge on any atom is -0.486 e. The second kappa shape index (κ2) is 8.16. The molecule has 1 N–H and O–H groups in total. The molecule has 0 unspecified atom stereocenters. The summed E-state index contributed by atoms with van der Waals surface area (Å²) in [6, 6.07) is 11.5. The van der Waals surface area contributed by atoms with Crippen LogP contribution in [0.1, 0.15) is 5.56 Å². The van der Waals surface area contributed by atoms with E-state index in [1.807, 2.05) is 6.07 Å². The molecule has 2 aromatic carbocycles. The van der Waals surface area contributed by atoms with Crippen LogP contribution in [0.2, 0.25) is 5.02 Å². The molecule has 2 aromatic rings. The molecule has 1 aliphatic rings. The fraction of sp³-hybridized carbons (Fsp3) is 0.278. The highest BCUT2D eigenvalue weighted by molar-refractivity contribution is 7.89. The molecule has 9 heteroatoms. The monoisotopic (exact) mass is 410 g/mol. The van der Waals surface area contributed by atoms with Gasteiger partial charge in [-0.15, -0.1) is 0 Å². The molecule has 0 bridgehead atoms. The number of ether oxygens (including phenoxy) is 2. The lowest BCUT2D eigenvalue weighted by Gasteiger charge is -2.21. The predicted molar refractivity (Wildman–Crippen MR) is 101 cm³/mol. The molecule has 0 aliphatic carbocycles. The minimum absolute atomic E-state index is 0.0388. The molecule has 27 heavy (non-hydrogen) atoms. The fourth-order valence-electron chi connectivity index (χ4n) is 2.55. The summed E-state index contributed by atoms with van der Waals surface area (Å²) in [4.78, 5) is 12.2. The zero-order chi connectivity index (χ0) is 19.4. The molecule has 1 amide bonds. The third-order valence-electron chi connectivity index (χ3n) is 3.97. The van der Waals surface area contributed by atoms with Crippen LogP contribution in [-0.2, 0) is 21.4 Å². The highest BCUT2D eigenvalue weighted by Crippen LogP contribution is 2.32. The molecule has 3 rings (SSSR count). The van der Waals surface area contributed by atoms with E-state index in [1.165, 1.54) is 19.2 Å². The van der Waals surface area contributed by atoms with E-state index in [-0.39, 0.29) is 18.0 Å². The molecular formula is C18H19ClN2O5S. The number of sulfonamides is 1. The normalized spacial score (nSPS) is 13.4. The SMILES string of the molecule is CN(CC(=O)NCc1cccc(Cl)c1)S(=O)(=O)c1ccc2c(c1)OCCO2. The molecule has 0 spiro atoms. The number of carbonyl (C=O) groups excluding carboxylic acids is 1. The molecule has 0 aromatic heterocycles. The summed E-state index contributed by atoms with van der Waals surface area (Å²) < 4.78 is 37.2. The number of fused-ring (bicyclic) bond motifs is 1. The standard InChI is InChI=1S/C18H19ClN2O5S/c1-21(12-18(22)20-11-13-3-2-4-14(19)9-13)27(23,24)15-5-6-16-17(10-15)26-8-7-25-16/h2-6,9-10H,7-8,11-12H2,1H3,(H,20,22). The largest absolute Gasteiger partial charge is 0.486 e. The maximum absolute atomic E-state index is 12.7. The van der Waals surface area contributed by atoms with Crippen molar-refractivity contribution in [2.45, 2.75) is 11.4 Å². The Balaban J connectivity index is 1.63. The van der Waals surface area contributed by atoms with Crippen molar-refractivity contribution in [1.29, 1.82) is 0 Å². The van der Waals surface area contributed by atoms with E-state index in [9.17, 15) is 13.2 Å². The van der Waals surface area contributed by atoms with Gasteiger partial charge in [-0.05, 0) is 29.8 Å². The molecule has 1 aliphatic heterocycles. The van der Waals surface area contributed by atoms with Crippen LogP contribution >= 0.6 is 11.6 Å². The van der Waals surface area contributed by atoms with Crippen LogP contribution in [-0.4, -0.2) is 45.4 Å². The Morgan fingerprint density at radius 1 is 1.15 bits per heavy atom. The van der Waals surface area contributed by atoms with Gasteiger partial charge in [0.05, 0.1) is 11.4 Å². The zero-order valence-electron chi connectivity index (χ0n) is 14.6. The topological polar surface area (TPSA) is 84.9 Å². The Morgan fingerprint density at radius 2 is 1.89 bits per heavy atom. The average molecular weight is 411 g/mol. The van der Waals surface area contributed by atoms with Crippen molar-refractivity contribution in [3.8, 4) is 11.5 Å². The molecule has 0 saturated carbocycles. The molecule has 144 valence electrons. The molecular weight excluding hydrogens is 392 g/mol. The van der Waals surface area contributed by atoms with Crippen molar-refractivity contribution >= 4 is 27.5 Å². The highest BCUT2D eigenvalue weighted by atomic mass is 35.5. The Labute approximate surface area is 162 Å². The Hall–Kier alpha value is -2.29. The van der Waals surface area contributed by atoms with Crippen LogP contribution in [0.25, 0.3) is 0 Å². The number of carbonyl (C=O) groups is 1. The molecule has 7 nitrogen and oxygen atoms in total. The van der Waals surface area contributed by atoms with Gasteiger partial charge in [-0.25, -0.2) is 8.42 Å². The summed E-state index contributed by atoms with van der Waals surface area (Å²) in [6.07, 6.45) is 0. The first kappa shape index (κ1) is 19.5. The van der Waals surface area contributed by atoms with Crippen LogP contribution in [0.15, 0.2) is 47.4 Å². The van der Waals surface area contributed by atoms with E-state index in [1.54, 1.807) is 24.3 Å². The third-order valence-corrected chi connectivity index (χ3v) is 6.00. The summed E-state index contributed by atoms with van der Waals surface area (Å²) in [5, 5.41) is 3.25. The van der Waals surface area contributed by atoms with Crippen LogP contribution in [0.3, 0.4) is 0 Å². The third kappa shape index (κ3) is 4.71. The van der Waals surface area contributed by atoms with E-state index in [4.69, 9.17) is 21.1 Å². The van der Waals surface area contributed by atoms with Crippen LogP contribution in [0.5, 0.6) is 11.5 Å². The van der Waals surface area contributed by atoms with Crippen molar-refractivity contribution in [3.05, 3.63) is 53.1 Å². The summed E-state index contributed by atoms with van der Waals surface area (Å²) in [5.74, 6) is 0.460. The van der Waals surface area contributed by atoms with Gasteiger partial charge in [0.15, 0.2) is 11.5 Å². The van der Waals surface area contributed by atoms with E-state index in [2.05, 4.69) is 5.32 Å². The van der Waals surface area contributed by atoms with Crippen molar-refractivity contribution in [2.24, 2.45) is 0 Å². The van der Waals surface area contributed by atoms with Gasteiger partial charge in [0, 0.05) is 24.7 Å². The van der Waals surface area contributed by atoms with Gasteiger partial charge in [-0.1, -0.05) is 23.7 Å². The lowest BCUT2D eigenvalue weighted by atomic mass is 10.2. The minimum atomic E-state index is -3.84. The average Bonchev–Trinajstić information content (AvgIpc) is 2.66. The number of nitrogens with zero attached hydrogens (tertiary/aromatic N) is 1. The van der Waals surface area contributed by atoms with Gasteiger partial charge in [-0.3, -0.25) is 4.79 Å². The van der Waals surface area contributed by atoms with E-state index >= 15 is 0 Å². The van der Waals surface area contributed by atoms with Crippen molar-refractivity contribution < 1.29 is 22.7 Å². The second-order valence-electron chi connectivity index (χ2n) is 5.97. The Kier molecular flexibility index (Phi) is 5.88. The van der Waals surface area contributed by atoms with Crippen molar-refractivity contribution in [3.63, 3.8) is 0 Å². The number of likely N-dealkylation sites (N-methyl/N-ethyl adjacent to an activating group) is 1. The number of rotatable bonds is 6. The number of hydrogen-bond donors (Lipinski definition) is 1. The highest BCUT2D eigenvalue weighted by Gasteiger charge is 2.25. The maximum Gasteiger partial charge on any atom is 0.243 e. The molecule has 0 atom stereocenters. The number of benzene rings is 2. The Morgan fingerprint density at radius 3 is 2.63 bits per heavy atom. The van der Waals surface area contributed by atoms with Gasteiger partial charge in [0.25, 0.3) is 0 Å². The van der Waals surface area contributed by atoms with E-state index in [0.29, 0.717) is 29.7 Å². The predicted octanol–water partition coefficient (Wildman–Crippen LogP) is 2.05. The van der Waals surface area contributed by atoms with Gasteiger partial charge >= 0.3 is 0 Å². The molecule has 0 saturated heterocycles. The number of halogens is 1. The number of hydrogen-bond acceptors (Lipinski definition) is 5. The first-order valence-electron chi connectivity index (χ1n) is 8.23. The summed E-state index contributed by atoms with van der Waals surface area (Å²) in [5.41, 5.74) is 0.827. The lowest BCUT2D eigenvalue weighted by molar-refractivity contribution is -0.121. The fourth-order valence-corrected chi connectivity index (χ4v) is 3.91. The second-order valence-corrected chi connectivity index (χ2v) is 8.45. The van der Waals surface area contributed by atoms with Gasteiger partial charge in [0.2, 0.25) is 15.9 Å². The van der Waals surface area contributed by atoms with Crippen molar-refractivity contribution in [2.75, 3.05) is 26.8 Å². The van der Waals surface area contributed by atoms with Crippen molar-refractivity contribution in [1.82, 2.24) is 9.62 Å². The molecule has 0 fully saturated rings. The van der Waals surface area contributed by atoms with Crippen LogP contribution in [0, 0.1) is 0 Å². The van der Waals surface area contributed by atoms with E-state index < -0.39 is 15.9 Å². The summed E-state index contributed by atoms with van der Waals surface area (Å²) >= 11 is 5.90. The van der Waals surface area contributed by atoms with Gasteiger partial charge in [-0.2, -0.15) is 4.31 Å². The first-order chi connectivity index (χ1) is 12.9. The molecule has 1 heterocycles. The maximum atomic E-state index is 12.7. The zero-order valence-corrected chi connectivity index (χ0v) is 16.2. The van der Waals surface area contributed by atoms with Gasteiger partial charge < -0.3 is 14.8 Å². The quantitative estimate of drug-likeness (QED) is 0.787. The molecule has 0 radical (unpaired) electrons. The summed E-state index contributed by atoms with van der Waals surface area (Å²) in [6.45, 7) is 0.735. The van der Waals surface area contributed by atoms with Crippen LogP contribution in [0.4, 0.5) is 0 Å².